The third-order valence-corrected chi connectivity index (χ3v) is 3.59. The van der Waals surface area contributed by atoms with Gasteiger partial charge in [0, 0.05) is 5.69 Å². The molecule has 0 spiro atoms. The molecule has 0 aliphatic carbocycles. The molecule has 0 saturated carbocycles. The standard InChI is InChI=1S/C17H19FN2O2S/c1-11(12-4-9-16(22-3)15(18)10-12)19-17(23)20-13-5-7-14(21-2)8-6-13/h4-11H,1-3H3,(H2,19,20,23)/t11-/m1/s1. The molecule has 0 unspecified atom stereocenters. The minimum atomic E-state index is -0.396. The van der Waals surface area contributed by atoms with Gasteiger partial charge in [-0.15, -0.1) is 0 Å². The first-order chi connectivity index (χ1) is 11.0. The number of rotatable bonds is 5. The average molecular weight is 334 g/mol. The van der Waals surface area contributed by atoms with Crippen molar-refractivity contribution in [2.45, 2.75) is 13.0 Å². The maximum Gasteiger partial charge on any atom is 0.171 e. The highest BCUT2D eigenvalue weighted by Crippen LogP contribution is 2.22. The number of halogens is 1. The summed E-state index contributed by atoms with van der Waals surface area (Å²) >= 11 is 5.28. The Kier molecular flexibility index (Phi) is 5.76. The van der Waals surface area contributed by atoms with Crippen LogP contribution < -0.4 is 20.1 Å². The topological polar surface area (TPSA) is 42.5 Å². The van der Waals surface area contributed by atoms with Crippen LogP contribution in [0.25, 0.3) is 0 Å². The van der Waals surface area contributed by atoms with Gasteiger partial charge in [0.1, 0.15) is 5.75 Å². The Bertz CT molecular complexity index is 677. The zero-order chi connectivity index (χ0) is 16.8. The molecule has 6 heteroatoms. The van der Waals surface area contributed by atoms with Crippen molar-refractivity contribution in [2.24, 2.45) is 0 Å². The van der Waals surface area contributed by atoms with Crippen molar-refractivity contribution in [3.63, 3.8) is 0 Å². The second kappa shape index (κ2) is 7.78. The number of hydrogen-bond donors (Lipinski definition) is 2. The van der Waals surface area contributed by atoms with Crippen molar-refractivity contribution >= 4 is 23.0 Å². The largest absolute Gasteiger partial charge is 0.497 e. The van der Waals surface area contributed by atoms with Crippen LogP contribution in [0.5, 0.6) is 11.5 Å². The van der Waals surface area contributed by atoms with E-state index in [1.165, 1.54) is 13.2 Å². The molecule has 2 aromatic rings. The Labute approximate surface area is 140 Å². The van der Waals surface area contributed by atoms with E-state index in [1.807, 2.05) is 31.2 Å². The van der Waals surface area contributed by atoms with E-state index >= 15 is 0 Å². The van der Waals surface area contributed by atoms with Gasteiger partial charge in [0.15, 0.2) is 16.7 Å². The maximum atomic E-state index is 13.8. The SMILES string of the molecule is COc1ccc(NC(=S)N[C@H](C)c2ccc(OC)c(F)c2)cc1. The number of benzene rings is 2. The summed E-state index contributed by atoms with van der Waals surface area (Å²) < 4.78 is 23.8. The predicted molar refractivity (Wildman–Crippen MR) is 93.7 cm³/mol. The van der Waals surface area contributed by atoms with Gasteiger partial charge in [-0.1, -0.05) is 6.07 Å². The van der Waals surface area contributed by atoms with Crippen molar-refractivity contribution in [1.29, 1.82) is 0 Å². The first-order valence-corrected chi connectivity index (χ1v) is 7.49. The molecule has 0 aromatic heterocycles. The van der Waals surface area contributed by atoms with E-state index in [2.05, 4.69) is 10.6 Å². The highest BCUT2D eigenvalue weighted by molar-refractivity contribution is 7.80. The van der Waals surface area contributed by atoms with Gasteiger partial charge in [-0.05, 0) is 61.1 Å². The summed E-state index contributed by atoms with van der Waals surface area (Å²) in [6.07, 6.45) is 0. The van der Waals surface area contributed by atoms with Crippen LogP contribution in [0.3, 0.4) is 0 Å². The molecular formula is C17H19FN2O2S. The fourth-order valence-electron chi connectivity index (χ4n) is 2.07. The number of hydrogen-bond acceptors (Lipinski definition) is 3. The van der Waals surface area contributed by atoms with Crippen LogP contribution in [0.1, 0.15) is 18.5 Å². The lowest BCUT2D eigenvalue weighted by Crippen LogP contribution is -2.30. The summed E-state index contributed by atoms with van der Waals surface area (Å²) in [5, 5.41) is 6.65. The quantitative estimate of drug-likeness (QED) is 0.812. The third-order valence-electron chi connectivity index (χ3n) is 3.37. The third kappa shape index (κ3) is 4.56. The van der Waals surface area contributed by atoms with Crippen molar-refractivity contribution in [2.75, 3.05) is 19.5 Å². The number of methoxy groups -OCH3 is 2. The molecular weight excluding hydrogens is 315 g/mol. The number of nitrogens with one attached hydrogen (secondary N) is 2. The average Bonchev–Trinajstić information content (AvgIpc) is 2.55. The zero-order valence-electron chi connectivity index (χ0n) is 13.2. The molecule has 0 fully saturated rings. The molecule has 2 rings (SSSR count). The molecule has 0 amide bonds. The van der Waals surface area contributed by atoms with Gasteiger partial charge in [0.2, 0.25) is 0 Å². The van der Waals surface area contributed by atoms with E-state index in [4.69, 9.17) is 21.7 Å². The van der Waals surface area contributed by atoms with Crippen LogP contribution in [-0.4, -0.2) is 19.3 Å². The van der Waals surface area contributed by atoms with Crippen LogP contribution in [0.2, 0.25) is 0 Å². The minimum absolute atomic E-state index is 0.145. The first kappa shape index (κ1) is 17.0. The first-order valence-electron chi connectivity index (χ1n) is 7.08. The van der Waals surface area contributed by atoms with Crippen molar-refractivity contribution < 1.29 is 13.9 Å². The fraction of sp³-hybridized carbons (Fsp3) is 0.235. The second-order valence-electron chi connectivity index (χ2n) is 4.94. The number of anilines is 1. The summed E-state index contributed by atoms with van der Waals surface area (Å²) in [6, 6.07) is 12.1. The van der Waals surface area contributed by atoms with E-state index < -0.39 is 5.82 Å². The summed E-state index contributed by atoms with van der Waals surface area (Å²) in [7, 11) is 3.05. The Hall–Kier alpha value is -2.34. The molecule has 0 saturated heterocycles. The molecule has 0 bridgehead atoms. The Balaban J connectivity index is 1.97. The van der Waals surface area contributed by atoms with Gasteiger partial charge < -0.3 is 20.1 Å². The lowest BCUT2D eigenvalue weighted by Gasteiger charge is -2.18. The molecule has 0 radical (unpaired) electrons. The van der Waals surface area contributed by atoms with Gasteiger partial charge in [0.25, 0.3) is 0 Å². The van der Waals surface area contributed by atoms with E-state index in [-0.39, 0.29) is 11.8 Å². The molecule has 0 heterocycles. The molecule has 0 aliphatic heterocycles. The van der Waals surface area contributed by atoms with Crippen LogP contribution in [0, 0.1) is 5.82 Å². The van der Waals surface area contributed by atoms with Crippen LogP contribution in [0.15, 0.2) is 42.5 Å². The highest BCUT2D eigenvalue weighted by atomic mass is 32.1. The van der Waals surface area contributed by atoms with Gasteiger partial charge in [-0.25, -0.2) is 4.39 Å². The zero-order valence-corrected chi connectivity index (χ0v) is 14.0. The molecule has 23 heavy (non-hydrogen) atoms. The molecule has 0 aliphatic rings. The van der Waals surface area contributed by atoms with Gasteiger partial charge in [-0.2, -0.15) is 0 Å². The fourth-order valence-corrected chi connectivity index (χ4v) is 2.37. The van der Waals surface area contributed by atoms with Crippen molar-refractivity contribution in [1.82, 2.24) is 5.32 Å². The number of thiocarbonyl (C=S) groups is 1. The van der Waals surface area contributed by atoms with Crippen LogP contribution in [0.4, 0.5) is 10.1 Å². The summed E-state index contributed by atoms with van der Waals surface area (Å²) in [5.41, 5.74) is 1.62. The van der Waals surface area contributed by atoms with Crippen LogP contribution >= 0.6 is 12.2 Å². The van der Waals surface area contributed by atoms with Crippen LogP contribution in [-0.2, 0) is 0 Å². The monoisotopic (exact) mass is 334 g/mol. The molecule has 122 valence electrons. The molecule has 2 N–H and O–H groups in total. The van der Waals surface area contributed by atoms with E-state index in [9.17, 15) is 4.39 Å². The van der Waals surface area contributed by atoms with Crippen molar-refractivity contribution in [3.05, 3.63) is 53.8 Å². The highest BCUT2D eigenvalue weighted by Gasteiger charge is 2.10. The summed E-state index contributed by atoms with van der Waals surface area (Å²) in [5.74, 6) is 0.601. The predicted octanol–water partition coefficient (Wildman–Crippen LogP) is 3.89. The van der Waals surface area contributed by atoms with Gasteiger partial charge in [-0.3, -0.25) is 0 Å². The molecule has 2 aromatic carbocycles. The number of ether oxygens (including phenoxy) is 2. The van der Waals surface area contributed by atoms with Gasteiger partial charge >= 0.3 is 0 Å². The Morgan fingerprint density at radius 1 is 1.09 bits per heavy atom. The Morgan fingerprint density at radius 2 is 1.78 bits per heavy atom. The van der Waals surface area contributed by atoms with Gasteiger partial charge in [0.05, 0.1) is 20.3 Å². The second-order valence-corrected chi connectivity index (χ2v) is 5.35. The lowest BCUT2D eigenvalue weighted by molar-refractivity contribution is 0.386. The molecule has 1 atom stereocenters. The van der Waals surface area contributed by atoms with E-state index in [0.29, 0.717) is 5.11 Å². The summed E-state index contributed by atoms with van der Waals surface area (Å²) in [4.78, 5) is 0. The Morgan fingerprint density at radius 3 is 2.35 bits per heavy atom. The minimum Gasteiger partial charge on any atom is -0.497 e. The van der Waals surface area contributed by atoms with E-state index in [1.54, 1.807) is 19.2 Å². The smallest absolute Gasteiger partial charge is 0.171 e. The molecule has 4 nitrogen and oxygen atoms in total. The summed E-state index contributed by atoms with van der Waals surface area (Å²) in [6.45, 7) is 1.91. The normalized spacial score (nSPS) is 11.5. The van der Waals surface area contributed by atoms with Crippen molar-refractivity contribution in [3.8, 4) is 11.5 Å². The maximum absolute atomic E-state index is 13.8. The van der Waals surface area contributed by atoms with E-state index in [0.717, 1.165) is 17.0 Å². The lowest BCUT2D eigenvalue weighted by atomic mass is 10.1.